The third kappa shape index (κ3) is 5.37. The second kappa shape index (κ2) is 9.98. The first-order valence-electron chi connectivity index (χ1n) is 11.6. The van der Waals surface area contributed by atoms with Gasteiger partial charge in [-0.15, -0.1) is 0 Å². The molecule has 0 amide bonds. The Balaban J connectivity index is 1.39. The number of benzene rings is 1. The number of nitrogens with zero attached hydrogens (tertiary/aromatic N) is 7. The summed E-state index contributed by atoms with van der Waals surface area (Å²) < 4.78 is 57.0. The van der Waals surface area contributed by atoms with Gasteiger partial charge in [0.05, 0.1) is 23.3 Å². The second-order valence-corrected chi connectivity index (χ2v) is 10.7. The van der Waals surface area contributed by atoms with Crippen molar-refractivity contribution in [3.63, 3.8) is 0 Å². The van der Waals surface area contributed by atoms with Gasteiger partial charge in [0.25, 0.3) is 0 Å². The normalized spacial score (nSPS) is 15.0. The largest absolute Gasteiger partial charge is 0.435 e. The molecule has 5 rings (SSSR count). The zero-order valence-electron chi connectivity index (χ0n) is 20.3. The lowest BCUT2D eigenvalue weighted by Gasteiger charge is -2.33. The zero-order valence-corrected chi connectivity index (χ0v) is 21.1. The number of fused-ring (bicyclic) bond motifs is 1. The van der Waals surface area contributed by atoms with Gasteiger partial charge in [-0.2, -0.15) is 18.2 Å². The van der Waals surface area contributed by atoms with E-state index < -0.39 is 16.6 Å². The molecule has 1 aromatic carbocycles. The Labute approximate surface area is 212 Å². The van der Waals surface area contributed by atoms with E-state index in [1.807, 2.05) is 24.0 Å². The molecule has 37 heavy (non-hydrogen) atoms. The number of halogens is 2. The lowest BCUT2D eigenvalue weighted by atomic mass is 10.1. The standard InChI is InChI=1S/C24H25F2N7O3S/c1-16-20(13-17-5-3-4-6-21(17)36-23(25)26)33-22(29-16)8-7-19(30-33)18-14-27-24(28-15-18)31-9-11-32(12-10-31)37(2,34)35/h3-8,14-15,23H,9-13H2,1-2H3. The lowest BCUT2D eigenvalue weighted by Crippen LogP contribution is -2.48. The number of anilines is 1. The summed E-state index contributed by atoms with van der Waals surface area (Å²) in [6.45, 7) is 0.714. The van der Waals surface area contributed by atoms with Crippen molar-refractivity contribution in [2.45, 2.75) is 20.0 Å². The van der Waals surface area contributed by atoms with Gasteiger partial charge in [0.15, 0.2) is 5.65 Å². The van der Waals surface area contributed by atoms with E-state index >= 15 is 0 Å². The number of hydrogen-bond donors (Lipinski definition) is 0. The molecule has 1 aliphatic heterocycles. The molecule has 0 bridgehead atoms. The summed E-state index contributed by atoms with van der Waals surface area (Å²) in [4.78, 5) is 15.5. The summed E-state index contributed by atoms with van der Waals surface area (Å²) in [5.41, 5.74) is 4.03. The van der Waals surface area contributed by atoms with Crippen molar-refractivity contribution in [2.75, 3.05) is 37.3 Å². The maximum absolute atomic E-state index is 12.9. The molecule has 0 spiro atoms. The van der Waals surface area contributed by atoms with Crippen molar-refractivity contribution >= 4 is 21.6 Å². The van der Waals surface area contributed by atoms with Gasteiger partial charge in [-0.25, -0.2) is 27.9 Å². The van der Waals surface area contributed by atoms with E-state index in [-0.39, 0.29) is 5.75 Å². The molecule has 1 saturated heterocycles. The van der Waals surface area contributed by atoms with Crippen molar-refractivity contribution < 1.29 is 21.9 Å². The number of rotatable bonds is 7. The topological polar surface area (TPSA) is 106 Å². The average Bonchev–Trinajstić information content (AvgIpc) is 3.18. The van der Waals surface area contributed by atoms with E-state index in [0.717, 1.165) is 11.4 Å². The maximum Gasteiger partial charge on any atom is 0.387 e. The van der Waals surface area contributed by atoms with Crippen LogP contribution in [-0.4, -0.2) is 76.3 Å². The van der Waals surface area contributed by atoms with Crippen molar-refractivity contribution in [1.29, 1.82) is 0 Å². The average molecular weight is 530 g/mol. The molecule has 4 aromatic rings. The van der Waals surface area contributed by atoms with Crippen molar-refractivity contribution in [3.05, 3.63) is 65.7 Å². The zero-order chi connectivity index (χ0) is 26.2. The summed E-state index contributed by atoms with van der Waals surface area (Å²) in [6, 6.07) is 10.3. The number of imidazole rings is 1. The van der Waals surface area contributed by atoms with Crippen molar-refractivity contribution in [2.24, 2.45) is 0 Å². The molecule has 0 saturated carbocycles. The number of sulfonamides is 1. The molecule has 4 heterocycles. The van der Waals surface area contributed by atoms with Crippen LogP contribution < -0.4 is 9.64 Å². The summed E-state index contributed by atoms with van der Waals surface area (Å²) >= 11 is 0. The minimum atomic E-state index is -3.21. The smallest absolute Gasteiger partial charge is 0.387 e. The molecule has 194 valence electrons. The van der Waals surface area contributed by atoms with E-state index in [0.29, 0.717) is 61.0 Å². The molecule has 1 aliphatic rings. The van der Waals surface area contributed by atoms with Crippen LogP contribution in [0, 0.1) is 6.92 Å². The number of hydrogen-bond acceptors (Lipinski definition) is 8. The molecule has 3 aromatic heterocycles. The first kappa shape index (κ1) is 25.0. The SMILES string of the molecule is Cc1nc2ccc(-c3cnc(N4CCN(S(C)(=O)=O)CC4)nc3)nn2c1Cc1ccccc1OC(F)F. The van der Waals surface area contributed by atoms with Crippen LogP contribution in [0.4, 0.5) is 14.7 Å². The molecule has 0 unspecified atom stereocenters. The molecular formula is C24H25F2N7O3S. The fourth-order valence-electron chi connectivity index (χ4n) is 4.32. The summed E-state index contributed by atoms with van der Waals surface area (Å²) in [6.07, 6.45) is 4.87. The van der Waals surface area contributed by atoms with Gasteiger partial charge in [-0.1, -0.05) is 18.2 Å². The fourth-order valence-corrected chi connectivity index (χ4v) is 5.15. The molecule has 0 aliphatic carbocycles. The maximum atomic E-state index is 12.9. The molecule has 10 nitrogen and oxygen atoms in total. The molecule has 0 radical (unpaired) electrons. The lowest BCUT2D eigenvalue weighted by molar-refractivity contribution is -0.0504. The number of aromatic nitrogens is 5. The molecule has 13 heteroatoms. The van der Waals surface area contributed by atoms with Crippen LogP contribution in [0.5, 0.6) is 5.75 Å². The first-order valence-corrected chi connectivity index (χ1v) is 13.4. The van der Waals surface area contributed by atoms with Crippen molar-refractivity contribution in [1.82, 2.24) is 28.9 Å². The Morgan fingerprint density at radius 1 is 1.03 bits per heavy atom. The quantitative estimate of drug-likeness (QED) is 0.360. The van der Waals surface area contributed by atoms with E-state index in [1.165, 1.54) is 16.6 Å². The Bertz CT molecular complexity index is 1520. The van der Waals surface area contributed by atoms with Gasteiger partial charge in [-0.05, 0) is 25.1 Å². The van der Waals surface area contributed by atoms with Gasteiger partial charge in [-0.3, -0.25) is 0 Å². The number of piperazine rings is 1. The Morgan fingerprint density at radius 2 is 1.73 bits per heavy atom. The monoisotopic (exact) mass is 529 g/mol. The highest BCUT2D eigenvalue weighted by atomic mass is 32.2. The van der Waals surface area contributed by atoms with E-state index in [2.05, 4.69) is 19.7 Å². The highest BCUT2D eigenvalue weighted by Gasteiger charge is 2.24. The van der Waals surface area contributed by atoms with Crippen LogP contribution >= 0.6 is 0 Å². The number of ether oxygens (including phenoxy) is 1. The van der Waals surface area contributed by atoms with Crippen molar-refractivity contribution in [3.8, 4) is 17.0 Å². The highest BCUT2D eigenvalue weighted by Crippen LogP contribution is 2.26. The Morgan fingerprint density at radius 3 is 2.41 bits per heavy atom. The third-order valence-electron chi connectivity index (χ3n) is 6.24. The highest BCUT2D eigenvalue weighted by molar-refractivity contribution is 7.88. The first-order chi connectivity index (χ1) is 17.7. The third-order valence-corrected chi connectivity index (χ3v) is 7.54. The van der Waals surface area contributed by atoms with Crippen LogP contribution in [0.2, 0.25) is 0 Å². The summed E-state index contributed by atoms with van der Waals surface area (Å²) in [5, 5.41) is 4.73. The predicted molar refractivity (Wildman–Crippen MR) is 133 cm³/mol. The van der Waals surface area contributed by atoms with Gasteiger partial charge in [0.2, 0.25) is 16.0 Å². The van der Waals surface area contributed by atoms with E-state index in [4.69, 9.17) is 5.10 Å². The number of alkyl halides is 2. The van der Waals surface area contributed by atoms with Crippen LogP contribution in [-0.2, 0) is 16.4 Å². The molecule has 0 N–H and O–H groups in total. The van der Waals surface area contributed by atoms with Gasteiger partial charge in [0, 0.05) is 56.1 Å². The van der Waals surface area contributed by atoms with Crippen LogP contribution in [0.1, 0.15) is 17.0 Å². The fraction of sp³-hybridized carbons (Fsp3) is 0.333. The van der Waals surface area contributed by atoms with Gasteiger partial charge in [0.1, 0.15) is 5.75 Å². The molecule has 0 atom stereocenters. The Kier molecular flexibility index (Phi) is 6.73. The van der Waals surface area contributed by atoms with Gasteiger partial charge < -0.3 is 9.64 Å². The Hall–Kier alpha value is -3.71. The van der Waals surface area contributed by atoms with Gasteiger partial charge >= 0.3 is 6.61 Å². The van der Waals surface area contributed by atoms with Crippen LogP contribution in [0.15, 0.2) is 48.8 Å². The van der Waals surface area contributed by atoms with Crippen LogP contribution in [0.3, 0.4) is 0 Å². The summed E-state index contributed by atoms with van der Waals surface area (Å²) in [7, 11) is -3.21. The predicted octanol–water partition coefficient (Wildman–Crippen LogP) is 2.77. The molecular weight excluding hydrogens is 504 g/mol. The molecule has 1 fully saturated rings. The second-order valence-electron chi connectivity index (χ2n) is 8.72. The van der Waals surface area contributed by atoms with E-state index in [1.54, 1.807) is 35.1 Å². The minimum Gasteiger partial charge on any atom is -0.435 e. The van der Waals surface area contributed by atoms with Crippen LogP contribution in [0.25, 0.3) is 16.9 Å². The number of aryl methyl sites for hydroxylation is 1. The summed E-state index contributed by atoms with van der Waals surface area (Å²) in [5.74, 6) is 0.636. The van der Waals surface area contributed by atoms with E-state index in [9.17, 15) is 17.2 Å². The minimum absolute atomic E-state index is 0.115. The number of para-hydroxylation sites is 1.